The fraction of sp³-hybridized carbons (Fsp3) is 0.222. The molecule has 0 aliphatic heterocycles. The van der Waals surface area contributed by atoms with Gasteiger partial charge in [0.2, 0.25) is 11.8 Å². The number of nitrogens with zero attached hydrogens (tertiary/aromatic N) is 5. The fourth-order valence-electron chi connectivity index (χ4n) is 2.74. The highest BCUT2D eigenvalue weighted by Gasteiger charge is 2.28. The molecule has 0 bridgehead atoms. The molecule has 2 aromatic carbocycles. The highest BCUT2D eigenvalue weighted by atomic mass is 16.4. The Hall–Kier alpha value is -3.06. The molecule has 0 aliphatic carbocycles. The maximum absolute atomic E-state index is 6.40. The molecule has 126 valence electrons. The van der Waals surface area contributed by atoms with Crippen LogP contribution in [-0.2, 0) is 18.5 Å². The van der Waals surface area contributed by atoms with Gasteiger partial charge in [-0.05, 0) is 31.0 Å². The molecule has 4 rings (SSSR count). The van der Waals surface area contributed by atoms with E-state index in [1.807, 2.05) is 61.5 Å². The van der Waals surface area contributed by atoms with E-state index in [1.54, 1.807) is 4.80 Å². The Kier molecular flexibility index (Phi) is 3.77. The number of fused-ring (bicyclic) bond motifs is 1. The summed E-state index contributed by atoms with van der Waals surface area (Å²) < 4.78 is 5.77. The predicted molar refractivity (Wildman–Crippen MR) is 92.6 cm³/mol. The van der Waals surface area contributed by atoms with E-state index >= 15 is 0 Å². The molecule has 7 nitrogen and oxygen atoms in total. The highest BCUT2D eigenvalue weighted by Crippen LogP contribution is 2.22. The van der Waals surface area contributed by atoms with Crippen molar-refractivity contribution in [2.24, 2.45) is 5.73 Å². The molecule has 0 amide bonds. The van der Waals surface area contributed by atoms with Crippen molar-refractivity contribution >= 4 is 11.0 Å². The summed E-state index contributed by atoms with van der Waals surface area (Å²) in [7, 11) is 0. The first-order chi connectivity index (χ1) is 12.1. The van der Waals surface area contributed by atoms with Gasteiger partial charge in [0.1, 0.15) is 17.6 Å². The molecule has 0 radical (unpaired) electrons. The van der Waals surface area contributed by atoms with Crippen LogP contribution in [0.3, 0.4) is 0 Å². The zero-order chi connectivity index (χ0) is 17.3. The summed E-state index contributed by atoms with van der Waals surface area (Å²) >= 11 is 0. The zero-order valence-electron chi connectivity index (χ0n) is 13.8. The minimum atomic E-state index is -0.741. The Balaban J connectivity index is 1.53. The van der Waals surface area contributed by atoms with E-state index < -0.39 is 5.54 Å². The van der Waals surface area contributed by atoms with Crippen molar-refractivity contribution in [1.29, 1.82) is 0 Å². The summed E-state index contributed by atoms with van der Waals surface area (Å²) in [6, 6.07) is 17.7. The highest BCUT2D eigenvalue weighted by molar-refractivity contribution is 5.72. The normalized spacial score (nSPS) is 13.8. The molecule has 7 heteroatoms. The number of hydrogen-bond donors (Lipinski definition) is 1. The third kappa shape index (κ3) is 3.27. The van der Waals surface area contributed by atoms with Crippen LogP contribution < -0.4 is 5.73 Å². The van der Waals surface area contributed by atoms with Crippen molar-refractivity contribution in [3.63, 3.8) is 0 Å². The van der Waals surface area contributed by atoms with Gasteiger partial charge < -0.3 is 10.2 Å². The van der Waals surface area contributed by atoms with E-state index in [9.17, 15) is 0 Å². The molecule has 2 N–H and O–H groups in total. The molecule has 0 aliphatic rings. The predicted octanol–water partition coefficient (Wildman–Crippen LogP) is 2.28. The largest absolute Gasteiger partial charge is 0.421 e. The zero-order valence-corrected chi connectivity index (χ0v) is 13.8. The first-order valence-electron chi connectivity index (χ1n) is 8.06. The Morgan fingerprint density at radius 3 is 2.28 bits per heavy atom. The molecule has 0 fully saturated rings. The maximum atomic E-state index is 6.40. The second kappa shape index (κ2) is 6.10. The summed E-state index contributed by atoms with van der Waals surface area (Å²) in [4.78, 5) is 1.55. The molecule has 2 aromatic heterocycles. The topological polar surface area (TPSA) is 95.7 Å². The van der Waals surface area contributed by atoms with Gasteiger partial charge >= 0.3 is 0 Å². The van der Waals surface area contributed by atoms with Crippen LogP contribution in [0.1, 0.15) is 24.3 Å². The summed E-state index contributed by atoms with van der Waals surface area (Å²) in [5.74, 6) is 0.836. The van der Waals surface area contributed by atoms with Gasteiger partial charge in [0.25, 0.3) is 0 Å². The average Bonchev–Trinajstić information content (AvgIpc) is 3.22. The quantitative estimate of drug-likeness (QED) is 0.601. The van der Waals surface area contributed by atoms with E-state index in [1.165, 1.54) is 0 Å². The summed E-state index contributed by atoms with van der Waals surface area (Å²) in [5.41, 5.74) is 8.44. The first-order valence-corrected chi connectivity index (χ1v) is 8.06. The molecule has 1 atom stereocenters. The molecule has 0 saturated carbocycles. The smallest absolute Gasteiger partial charge is 0.239 e. The molecule has 4 aromatic rings. The molecule has 0 unspecified atom stereocenters. The van der Waals surface area contributed by atoms with Crippen LogP contribution in [0, 0.1) is 0 Å². The lowest BCUT2D eigenvalue weighted by molar-refractivity contribution is 0.328. The van der Waals surface area contributed by atoms with Gasteiger partial charge in [0, 0.05) is 0 Å². The van der Waals surface area contributed by atoms with Gasteiger partial charge in [-0.15, -0.1) is 10.2 Å². The minimum absolute atomic E-state index is 0.309. The second-order valence-electron chi connectivity index (χ2n) is 6.30. The maximum Gasteiger partial charge on any atom is 0.239 e. The van der Waals surface area contributed by atoms with Crippen LogP contribution in [0.2, 0.25) is 0 Å². The molecule has 0 spiro atoms. The lowest BCUT2D eigenvalue weighted by Gasteiger charge is -2.20. The SMILES string of the molecule is C[C@@](N)(Cc1ccccc1)c1nnc(Cn2nc3ccccc3n2)o1. The van der Waals surface area contributed by atoms with Gasteiger partial charge in [-0.3, -0.25) is 0 Å². The molecule has 25 heavy (non-hydrogen) atoms. The van der Waals surface area contributed by atoms with Crippen LogP contribution in [-0.4, -0.2) is 25.2 Å². The van der Waals surface area contributed by atoms with Crippen molar-refractivity contribution < 1.29 is 4.42 Å². The second-order valence-corrected chi connectivity index (χ2v) is 6.30. The van der Waals surface area contributed by atoms with E-state index in [0.29, 0.717) is 24.7 Å². The third-order valence-corrected chi connectivity index (χ3v) is 3.97. The van der Waals surface area contributed by atoms with Gasteiger partial charge in [0.15, 0.2) is 0 Å². The molecule has 0 saturated heterocycles. The van der Waals surface area contributed by atoms with Gasteiger partial charge in [0.05, 0.1) is 5.54 Å². The summed E-state index contributed by atoms with van der Waals surface area (Å²) in [6.45, 7) is 2.20. The first kappa shape index (κ1) is 15.5. The number of nitrogens with two attached hydrogens (primary N) is 1. The van der Waals surface area contributed by atoms with E-state index in [2.05, 4.69) is 20.4 Å². The van der Waals surface area contributed by atoms with Crippen LogP contribution in [0.25, 0.3) is 11.0 Å². The summed E-state index contributed by atoms with van der Waals surface area (Å²) in [6.07, 6.45) is 0.610. The number of aromatic nitrogens is 5. The lowest BCUT2D eigenvalue weighted by Crippen LogP contribution is -2.35. The van der Waals surface area contributed by atoms with Crippen molar-refractivity contribution in [3.05, 3.63) is 71.9 Å². The van der Waals surface area contributed by atoms with E-state index in [-0.39, 0.29) is 0 Å². The van der Waals surface area contributed by atoms with Crippen LogP contribution in [0.15, 0.2) is 59.0 Å². The molecule has 2 heterocycles. The standard InChI is InChI=1S/C18H18N6O/c1-18(19,11-13-7-3-2-4-8-13)17-21-20-16(25-17)12-24-22-14-9-5-6-10-15(14)23-24/h2-10H,11-12,19H2,1H3/t18-/m1/s1. The van der Waals surface area contributed by atoms with Crippen LogP contribution in [0.4, 0.5) is 0 Å². The Bertz CT molecular complexity index is 956. The van der Waals surface area contributed by atoms with Crippen molar-refractivity contribution in [2.45, 2.75) is 25.4 Å². The number of benzene rings is 2. The van der Waals surface area contributed by atoms with Gasteiger partial charge in [-0.1, -0.05) is 42.5 Å². The number of rotatable bonds is 5. The van der Waals surface area contributed by atoms with Crippen LogP contribution >= 0.6 is 0 Å². The van der Waals surface area contributed by atoms with Gasteiger partial charge in [-0.25, -0.2) is 0 Å². The lowest BCUT2D eigenvalue weighted by atomic mass is 9.94. The Labute approximate surface area is 144 Å². The molecular formula is C18H18N6O. The number of hydrogen-bond acceptors (Lipinski definition) is 6. The summed E-state index contributed by atoms with van der Waals surface area (Å²) in [5, 5.41) is 17.0. The minimum Gasteiger partial charge on any atom is -0.421 e. The van der Waals surface area contributed by atoms with Crippen LogP contribution in [0.5, 0.6) is 0 Å². The molecular weight excluding hydrogens is 316 g/mol. The van der Waals surface area contributed by atoms with Crippen molar-refractivity contribution in [2.75, 3.05) is 0 Å². The van der Waals surface area contributed by atoms with E-state index in [0.717, 1.165) is 16.6 Å². The fourth-order valence-corrected chi connectivity index (χ4v) is 2.74. The Morgan fingerprint density at radius 2 is 1.60 bits per heavy atom. The monoisotopic (exact) mass is 334 g/mol. The van der Waals surface area contributed by atoms with Crippen molar-refractivity contribution in [3.8, 4) is 0 Å². The Morgan fingerprint density at radius 1 is 0.960 bits per heavy atom. The third-order valence-electron chi connectivity index (χ3n) is 3.97. The van der Waals surface area contributed by atoms with Crippen molar-refractivity contribution in [1.82, 2.24) is 25.2 Å². The van der Waals surface area contributed by atoms with Gasteiger partial charge in [-0.2, -0.15) is 15.0 Å². The average molecular weight is 334 g/mol. The van der Waals surface area contributed by atoms with E-state index in [4.69, 9.17) is 10.2 Å².